The zero-order valence-electron chi connectivity index (χ0n) is 45.6. The molecule has 0 amide bonds. The van der Waals surface area contributed by atoms with Gasteiger partial charge < -0.3 is 14.2 Å². The van der Waals surface area contributed by atoms with Crippen molar-refractivity contribution >= 4 is 17.9 Å². The molecule has 0 aliphatic carbocycles. The summed E-state index contributed by atoms with van der Waals surface area (Å²) in [6.45, 7) is 6.49. The Morgan fingerprint density at radius 1 is 0.304 bits per heavy atom. The van der Waals surface area contributed by atoms with E-state index in [4.69, 9.17) is 14.2 Å². The lowest BCUT2D eigenvalue weighted by Crippen LogP contribution is -2.30. The number of carbonyl (C=O) groups is 3. The van der Waals surface area contributed by atoms with E-state index in [1.165, 1.54) is 148 Å². The molecule has 0 aliphatic rings. The molecule has 0 bridgehead atoms. The van der Waals surface area contributed by atoms with Gasteiger partial charge in [0.1, 0.15) is 13.2 Å². The van der Waals surface area contributed by atoms with Crippen LogP contribution in [0.3, 0.4) is 0 Å². The van der Waals surface area contributed by atoms with Gasteiger partial charge in [-0.05, 0) is 83.5 Å². The Kier molecular flexibility index (Phi) is 54.8. The second kappa shape index (κ2) is 57.4. The van der Waals surface area contributed by atoms with Crippen LogP contribution in [0.25, 0.3) is 0 Å². The van der Waals surface area contributed by atoms with Gasteiger partial charge in [-0.2, -0.15) is 0 Å². The van der Waals surface area contributed by atoms with Gasteiger partial charge >= 0.3 is 17.9 Å². The zero-order chi connectivity index (χ0) is 50.0. The molecular formula is C63H110O6. The fourth-order valence-corrected chi connectivity index (χ4v) is 8.30. The average molecular weight is 964 g/mol. The Morgan fingerprint density at radius 2 is 0.580 bits per heavy atom. The number of esters is 3. The van der Waals surface area contributed by atoms with E-state index in [9.17, 15) is 14.4 Å². The first-order chi connectivity index (χ1) is 34.0. The largest absolute Gasteiger partial charge is 0.462 e. The molecule has 0 fully saturated rings. The molecule has 0 aromatic carbocycles. The van der Waals surface area contributed by atoms with Gasteiger partial charge in [-0.1, -0.05) is 261 Å². The molecule has 6 nitrogen and oxygen atoms in total. The SMILES string of the molecule is CC/C=C\C/C=C\C/C=C\CCCCCCCC(=O)OC[C@H](COC(=O)CCCCCCCCCCCCCCCCCCCCC)OC(=O)CCC/C=C\C/C=C\C/C=C\CCCCCCCC. The first-order valence-corrected chi connectivity index (χ1v) is 29.4. The van der Waals surface area contributed by atoms with Crippen LogP contribution in [0.1, 0.15) is 290 Å². The highest BCUT2D eigenvalue weighted by molar-refractivity contribution is 5.71. The van der Waals surface area contributed by atoms with Gasteiger partial charge in [-0.15, -0.1) is 0 Å². The summed E-state index contributed by atoms with van der Waals surface area (Å²) in [6, 6.07) is 0. The zero-order valence-corrected chi connectivity index (χ0v) is 45.6. The van der Waals surface area contributed by atoms with E-state index in [1.807, 2.05) is 0 Å². The smallest absolute Gasteiger partial charge is 0.306 e. The molecule has 0 aromatic heterocycles. The number of hydrogen-bond donors (Lipinski definition) is 0. The lowest BCUT2D eigenvalue weighted by molar-refractivity contribution is -0.167. The van der Waals surface area contributed by atoms with E-state index in [0.29, 0.717) is 19.3 Å². The number of unbranched alkanes of at least 4 members (excludes halogenated alkanes) is 30. The topological polar surface area (TPSA) is 78.9 Å². The minimum absolute atomic E-state index is 0.0987. The number of carbonyl (C=O) groups excluding carboxylic acids is 3. The van der Waals surface area contributed by atoms with Gasteiger partial charge in [0.05, 0.1) is 0 Å². The van der Waals surface area contributed by atoms with E-state index in [2.05, 4.69) is 93.7 Å². The van der Waals surface area contributed by atoms with E-state index in [0.717, 1.165) is 96.3 Å². The maximum absolute atomic E-state index is 12.8. The fourth-order valence-electron chi connectivity index (χ4n) is 8.30. The van der Waals surface area contributed by atoms with Crippen LogP contribution in [0.4, 0.5) is 0 Å². The second-order valence-electron chi connectivity index (χ2n) is 19.5. The standard InChI is InChI=1S/C63H110O6/c1-4-7-10-13-16-19-22-25-28-30-31-33-35-38-41-44-47-50-53-56-62(65)68-59-60(58-67-61(64)55-52-49-46-43-40-37-34-27-24-21-18-15-12-9-6-3)69-63(66)57-54-51-48-45-42-39-36-32-29-26-23-20-17-14-11-8-5-2/h9,12,18,21,26-27,29,34,36,39,45,48,60H,4-8,10-11,13-17,19-20,22-25,28,30-33,35,37-38,40-44,46-47,49-59H2,1-3H3/b12-9-,21-18-,29-26-,34-27-,39-36-,48-45-/t60-/m1/s1. The fraction of sp³-hybridized carbons (Fsp3) is 0.762. The number of rotatable bonds is 53. The van der Waals surface area contributed by atoms with Crippen molar-refractivity contribution in [1.82, 2.24) is 0 Å². The summed E-state index contributed by atoms with van der Waals surface area (Å²) in [5.74, 6) is -0.959. The summed E-state index contributed by atoms with van der Waals surface area (Å²) >= 11 is 0. The van der Waals surface area contributed by atoms with Crippen molar-refractivity contribution in [3.8, 4) is 0 Å². The van der Waals surface area contributed by atoms with Crippen molar-refractivity contribution in [1.29, 1.82) is 0 Å². The van der Waals surface area contributed by atoms with Gasteiger partial charge in [-0.3, -0.25) is 14.4 Å². The van der Waals surface area contributed by atoms with Crippen LogP contribution in [0, 0.1) is 0 Å². The molecule has 0 heterocycles. The van der Waals surface area contributed by atoms with Crippen LogP contribution in [-0.4, -0.2) is 37.2 Å². The Hall–Kier alpha value is -3.15. The monoisotopic (exact) mass is 963 g/mol. The summed E-state index contributed by atoms with van der Waals surface area (Å²) in [7, 11) is 0. The Bertz CT molecular complexity index is 1290. The van der Waals surface area contributed by atoms with Crippen LogP contribution in [0.2, 0.25) is 0 Å². The van der Waals surface area contributed by atoms with Crippen molar-refractivity contribution < 1.29 is 28.6 Å². The van der Waals surface area contributed by atoms with Crippen molar-refractivity contribution in [3.05, 3.63) is 72.9 Å². The van der Waals surface area contributed by atoms with Crippen molar-refractivity contribution in [2.24, 2.45) is 0 Å². The van der Waals surface area contributed by atoms with Crippen molar-refractivity contribution in [2.45, 2.75) is 297 Å². The molecule has 0 spiro atoms. The molecule has 0 aromatic rings. The van der Waals surface area contributed by atoms with Crippen LogP contribution in [0.15, 0.2) is 72.9 Å². The lowest BCUT2D eigenvalue weighted by atomic mass is 10.0. The lowest BCUT2D eigenvalue weighted by Gasteiger charge is -2.18. The second-order valence-corrected chi connectivity index (χ2v) is 19.5. The summed E-state index contributed by atoms with van der Waals surface area (Å²) in [5.41, 5.74) is 0. The molecule has 0 saturated heterocycles. The number of allylic oxidation sites excluding steroid dienone is 12. The van der Waals surface area contributed by atoms with Gasteiger partial charge in [0, 0.05) is 19.3 Å². The highest BCUT2D eigenvalue weighted by Crippen LogP contribution is 2.16. The highest BCUT2D eigenvalue weighted by Gasteiger charge is 2.19. The Labute approximate surface area is 427 Å². The molecule has 0 aliphatic heterocycles. The summed E-state index contributed by atoms with van der Waals surface area (Å²) in [5, 5.41) is 0. The third-order valence-corrected chi connectivity index (χ3v) is 12.7. The predicted molar refractivity (Wildman–Crippen MR) is 298 cm³/mol. The quantitative estimate of drug-likeness (QED) is 0.0262. The molecule has 1 atom stereocenters. The average Bonchev–Trinajstić information content (AvgIpc) is 3.35. The maximum atomic E-state index is 12.8. The maximum Gasteiger partial charge on any atom is 0.306 e. The summed E-state index contributed by atoms with van der Waals surface area (Å²) in [6.07, 6.45) is 73.3. The molecular weight excluding hydrogens is 853 g/mol. The summed E-state index contributed by atoms with van der Waals surface area (Å²) in [4.78, 5) is 38.2. The van der Waals surface area contributed by atoms with Gasteiger partial charge in [0.25, 0.3) is 0 Å². The first-order valence-electron chi connectivity index (χ1n) is 29.4. The van der Waals surface area contributed by atoms with Crippen LogP contribution >= 0.6 is 0 Å². The Balaban J connectivity index is 4.43. The van der Waals surface area contributed by atoms with Gasteiger partial charge in [0.15, 0.2) is 6.10 Å². The molecule has 0 N–H and O–H groups in total. The van der Waals surface area contributed by atoms with E-state index in [-0.39, 0.29) is 37.5 Å². The number of hydrogen-bond acceptors (Lipinski definition) is 6. The molecule has 0 saturated carbocycles. The summed E-state index contributed by atoms with van der Waals surface area (Å²) < 4.78 is 16.8. The van der Waals surface area contributed by atoms with E-state index in [1.54, 1.807) is 0 Å². The normalized spacial score (nSPS) is 12.6. The third-order valence-electron chi connectivity index (χ3n) is 12.7. The molecule has 0 radical (unpaired) electrons. The Morgan fingerprint density at radius 3 is 0.928 bits per heavy atom. The predicted octanol–water partition coefficient (Wildman–Crippen LogP) is 19.8. The van der Waals surface area contributed by atoms with Crippen molar-refractivity contribution in [2.75, 3.05) is 13.2 Å². The molecule has 69 heavy (non-hydrogen) atoms. The van der Waals surface area contributed by atoms with Crippen molar-refractivity contribution in [3.63, 3.8) is 0 Å². The van der Waals surface area contributed by atoms with E-state index >= 15 is 0 Å². The minimum atomic E-state index is -0.808. The number of ether oxygens (including phenoxy) is 3. The molecule has 398 valence electrons. The minimum Gasteiger partial charge on any atom is -0.462 e. The van der Waals surface area contributed by atoms with Crippen LogP contribution in [0.5, 0.6) is 0 Å². The van der Waals surface area contributed by atoms with Crippen LogP contribution < -0.4 is 0 Å². The highest BCUT2D eigenvalue weighted by atomic mass is 16.6. The van der Waals surface area contributed by atoms with Gasteiger partial charge in [-0.25, -0.2) is 0 Å². The molecule has 0 rings (SSSR count). The third kappa shape index (κ3) is 55.6. The molecule has 6 heteroatoms. The van der Waals surface area contributed by atoms with Crippen LogP contribution in [-0.2, 0) is 28.6 Å². The van der Waals surface area contributed by atoms with E-state index < -0.39 is 6.10 Å². The first kappa shape index (κ1) is 65.8. The molecule has 0 unspecified atom stereocenters. The van der Waals surface area contributed by atoms with Gasteiger partial charge in [0.2, 0.25) is 0 Å².